The normalized spacial score (nSPS) is 16.8. The summed E-state index contributed by atoms with van der Waals surface area (Å²) in [5.41, 5.74) is 31.0. The van der Waals surface area contributed by atoms with Crippen LogP contribution < -0.4 is 45.9 Å². The first-order valence-corrected chi connectivity index (χ1v) is 49.1. The number of carbonyl (C=O) groups is 5. The first-order valence-electron chi connectivity index (χ1n) is 38.9. The highest BCUT2D eigenvalue weighted by atomic mass is 33.1. The number of nitrogens with zero attached hydrogens (tertiary/aromatic N) is 11. The van der Waals surface area contributed by atoms with E-state index in [9.17, 15) is 78.9 Å². The van der Waals surface area contributed by atoms with E-state index in [1.54, 1.807) is 57.8 Å². The second kappa shape index (κ2) is 45.3. The predicted octanol–water partition coefficient (Wildman–Crippen LogP) is 7.97. The van der Waals surface area contributed by atoms with Gasteiger partial charge in [0.15, 0.2) is 6.23 Å². The number of rotatable bonds is 49. The van der Waals surface area contributed by atoms with Crippen LogP contribution >= 0.6 is 45.1 Å². The fraction of sp³-hybridized carbons (Fsp3) is 0.480. The van der Waals surface area contributed by atoms with Crippen molar-refractivity contribution in [3.05, 3.63) is 162 Å². The number of amides is 3. The highest BCUT2D eigenvalue weighted by Gasteiger charge is 2.44. The minimum Gasteiger partial charge on any atom is -0.491 e. The first-order chi connectivity index (χ1) is 58.6. The molecule has 48 heteroatoms. The van der Waals surface area contributed by atoms with Crippen LogP contribution in [-0.4, -0.2) is 223 Å². The van der Waals surface area contributed by atoms with Gasteiger partial charge in [-0.15, -0.1) is 0 Å². The van der Waals surface area contributed by atoms with Crippen LogP contribution in [0.15, 0.2) is 101 Å². The summed E-state index contributed by atoms with van der Waals surface area (Å²) in [6.45, 7) is 0.169. The summed E-state index contributed by atoms with van der Waals surface area (Å²) >= 11 is 0. The van der Waals surface area contributed by atoms with Gasteiger partial charge in [-0.1, -0.05) is 67.9 Å². The number of ketones is 2. The molecular formula is C75H94N14O27P3S4+. The molecule has 2 aromatic heterocycles. The van der Waals surface area contributed by atoms with Crippen molar-refractivity contribution in [2.75, 3.05) is 126 Å². The fourth-order valence-corrected chi connectivity index (χ4v) is 20.3. The number of ether oxygens (including phenoxy) is 6. The Labute approximate surface area is 714 Å². The molecule has 0 spiro atoms. The molecule has 0 saturated carbocycles. The van der Waals surface area contributed by atoms with Crippen molar-refractivity contribution in [3.8, 4) is 29.1 Å². The van der Waals surface area contributed by atoms with Crippen molar-refractivity contribution in [2.45, 2.75) is 115 Å². The van der Waals surface area contributed by atoms with Crippen molar-refractivity contribution in [2.24, 2.45) is 10.2 Å². The lowest BCUT2D eigenvalue weighted by atomic mass is 9.86. The van der Waals surface area contributed by atoms with E-state index in [1.807, 2.05) is 30.3 Å². The Balaban J connectivity index is 0.598. The number of phosphoric ester groups is 1. The molecule has 6 atom stereocenters. The standard InChI is InChI=1S/C75H93N14O27P3S4/c1-86(75(94)58-22-3-2-21-57(58)72-59-40-50-15-7-29-87(31-11-37-122(102,103)104)62(50)42-64(59)113-65-43-63-51(41-60(65)72)16-8-30-88(63)32-12-38-123(105,106)107)28-9-18-54(90)19-10-35-120-121-36-24-55(91)17-6-26-81-74(93)52-13-4-20-56(39-52)110-48-69(83-85-78)109-34-33-108-47-68(92)79-25-5-14-53-45-89(73-71(53)61(76)23-27-80-73)70-44-66(111-49-82-84-77)67(114-70)46-112-118(98,99)116-119(100,101)115-117(95,96)97/h2-4,13,20-23,27,39-43,45,66-67,69-70H,6-12,15-19,24-26,28-38,44,46-49H2,1H3,(H9-,76,79,80,81,92,93,95,96,97,98,99,100,101,102,103,104,105,106,107)/p+1/t66?,67-,69?,70-/m1/s1. The molecule has 664 valence electrons. The molecule has 123 heavy (non-hydrogen) atoms. The van der Waals surface area contributed by atoms with Crippen LogP contribution in [0.4, 0.5) is 11.4 Å². The van der Waals surface area contributed by atoms with E-state index in [0.717, 1.165) is 64.2 Å². The number of anilines is 2. The monoisotopic (exact) mass is 1840 g/mol. The lowest BCUT2D eigenvalue weighted by molar-refractivity contribution is -0.126. The van der Waals surface area contributed by atoms with E-state index in [-0.39, 0.29) is 117 Å². The molecule has 1 saturated heterocycles. The van der Waals surface area contributed by atoms with Crippen LogP contribution in [0.25, 0.3) is 37.5 Å². The number of aryl methyl sites for hydroxylation is 2. The Bertz CT molecular complexity index is 5570. The molecule has 6 aromatic rings. The number of hydrogen-bond donors (Lipinski definition) is 9. The van der Waals surface area contributed by atoms with Crippen molar-refractivity contribution < 1.29 is 125 Å². The van der Waals surface area contributed by atoms with Crippen LogP contribution in [-0.2, 0) is 93.2 Å². The summed E-state index contributed by atoms with van der Waals surface area (Å²) in [6, 6.07) is 23.3. The van der Waals surface area contributed by atoms with Gasteiger partial charge in [0.1, 0.15) is 79.8 Å². The third kappa shape index (κ3) is 29.6. The van der Waals surface area contributed by atoms with Gasteiger partial charge in [-0.25, -0.2) is 23.3 Å². The number of fused-ring (bicyclic) bond motifs is 5. The molecule has 10 N–H and O–H groups in total. The molecule has 4 aliphatic rings. The molecule has 4 aliphatic heterocycles. The number of nitrogens with one attached hydrogen (secondary N) is 2. The number of azide groups is 2. The number of hydrogen-bond acceptors (Lipinski definition) is 28. The lowest BCUT2D eigenvalue weighted by Crippen LogP contribution is -2.40. The summed E-state index contributed by atoms with van der Waals surface area (Å²) in [4.78, 5) is 117. The molecular weight excluding hydrogens is 1750 g/mol. The lowest BCUT2D eigenvalue weighted by Gasteiger charge is -2.33. The number of Topliss-reactive ketones (excluding diaryl/α,β-unsaturated/α-hetero) is 2. The van der Waals surface area contributed by atoms with Crippen molar-refractivity contribution in [1.29, 1.82) is 0 Å². The highest BCUT2D eigenvalue weighted by molar-refractivity contribution is 8.76. The first kappa shape index (κ1) is 96.4. The third-order valence-electron chi connectivity index (χ3n) is 19.6. The van der Waals surface area contributed by atoms with Gasteiger partial charge < -0.3 is 78.7 Å². The van der Waals surface area contributed by atoms with E-state index < -0.39 is 100 Å². The Morgan fingerprint density at radius 2 is 1.59 bits per heavy atom. The predicted molar refractivity (Wildman–Crippen MR) is 452 cm³/mol. The molecule has 0 radical (unpaired) electrons. The molecule has 4 unspecified atom stereocenters. The van der Waals surface area contributed by atoms with E-state index in [4.69, 9.17) is 54.0 Å². The van der Waals surface area contributed by atoms with Crippen molar-refractivity contribution >= 4 is 123 Å². The molecule has 10 rings (SSSR count). The zero-order valence-electron chi connectivity index (χ0n) is 66.6. The smallest absolute Gasteiger partial charge is 0.490 e. The molecule has 6 heterocycles. The average molecular weight is 1840 g/mol. The molecule has 0 bridgehead atoms. The fourth-order valence-electron chi connectivity index (χ4n) is 14.1. The number of aromatic nitrogens is 2. The second-order valence-electron chi connectivity index (χ2n) is 28.6. The van der Waals surface area contributed by atoms with Gasteiger partial charge in [-0.05, 0) is 110 Å². The highest BCUT2D eigenvalue weighted by Crippen LogP contribution is 2.66. The molecule has 0 aliphatic carbocycles. The van der Waals surface area contributed by atoms with E-state index in [1.165, 1.54) is 29.1 Å². The van der Waals surface area contributed by atoms with Gasteiger partial charge in [0.2, 0.25) is 11.3 Å². The minimum atomic E-state index is -5.83. The van der Waals surface area contributed by atoms with Crippen LogP contribution in [0.1, 0.15) is 132 Å². The maximum Gasteiger partial charge on any atom is 0.490 e. The average Bonchev–Trinajstić information content (AvgIpc) is 1.50. The molecule has 4 aromatic carbocycles. The van der Waals surface area contributed by atoms with Gasteiger partial charge >= 0.3 is 23.5 Å². The van der Waals surface area contributed by atoms with Gasteiger partial charge in [0.05, 0.1) is 61.0 Å². The number of nitrogen functional groups attached to an aromatic ring is 1. The van der Waals surface area contributed by atoms with Gasteiger partial charge in [0, 0.05) is 162 Å². The van der Waals surface area contributed by atoms with Crippen molar-refractivity contribution in [3.63, 3.8) is 0 Å². The summed E-state index contributed by atoms with van der Waals surface area (Å²) < 4.78 is 152. The van der Waals surface area contributed by atoms with E-state index in [0.29, 0.717) is 110 Å². The SMILES string of the molecule is CN(CCCC(=O)CCCSSCCC(=O)CCCNC(=O)c1cccc(OCC(N=[N+]=[N-])OCCOCC(=O)NCC#Cc2cn([C@H]3CC(OCN=[N+]=[N-])[C@@H](COP(=O)(O)OP(=O)(O)OP(=O)(O)O)O3)c3nccc(N)c23)c1)C(=O)c1ccccc1C1=c2cc3c(cc2Oc2cc4c(cc21)CCCN4CCCS(=O)(=O)O)=[N+](CCCS(=O)(=O)O)CCC3. The van der Waals surface area contributed by atoms with Gasteiger partial charge in [-0.2, -0.15) is 25.5 Å². The molecule has 1 fully saturated rings. The quantitative estimate of drug-likeness (QED) is 0.00201. The van der Waals surface area contributed by atoms with Crippen LogP contribution in [0.2, 0.25) is 0 Å². The summed E-state index contributed by atoms with van der Waals surface area (Å²) in [5.74, 6) is 6.49. The zero-order valence-corrected chi connectivity index (χ0v) is 72.6. The number of pyridine rings is 1. The summed E-state index contributed by atoms with van der Waals surface area (Å²) in [7, 11) is -20.5. The van der Waals surface area contributed by atoms with Crippen molar-refractivity contribution in [1.82, 2.24) is 29.7 Å². The van der Waals surface area contributed by atoms with E-state index in [2.05, 4.69) is 77.7 Å². The summed E-state index contributed by atoms with van der Waals surface area (Å²) in [6.07, 6.45) is 4.68. The van der Waals surface area contributed by atoms with Gasteiger partial charge in [-0.3, -0.25) is 37.6 Å². The van der Waals surface area contributed by atoms with E-state index >= 15 is 0 Å². The number of nitrogens with two attached hydrogens (primary N) is 1. The van der Waals surface area contributed by atoms with Gasteiger partial charge in [0.25, 0.3) is 32.1 Å². The number of carbonyl (C=O) groups excluding carboxylic acids is 5. The number of phosphoric acid groups is 3. The largest absolute Gasteiger partial charge is 0.491 e. The second-order valence-corrected chi connectivity index (χ2v) is 38.8. The Kier molecular flexibility index (Phi) is 35.5. The molecule has 41 nitrogen and oxygen atoms in total. The third-order valence-corrected chi connectivity index (χ3v) is 27.5. The maximum atomic E-state index is 14.7. The molecule has 3 amide bonds. The topological polar surface area (TPSA) is 584 Å². The zero-order chi connectivity index (χ0) is 88.5. The van der Waals surface area contributed by atoms with Crippen LogP contribution in [0.5, 0.6) is 17.2 Å². The Morgan fingerprint density at radius 3 is 2.37 bits per heavy atom. The Morgan fingerprint density at radius 1 is 0.829 bits per heavy atom. The maximum absolute atomic E-state index is 14.7. The van der Waals surface area contributed by atoms with Crippen LogP contribution in [0.3, 0.4) is 0 Å². The minimum absolute atomic E-state index is 0.0387. The summed E-state index contributed by atoms with van der Waals surface area (Å²) in [5, 5.41) is 14.3. The van der Waals surface area contributed by atoms with Crippen LogP contribution in [0, 0.1) is 11.8 Å². The number of benzene rings is 4. The Hall–Kier alpha value is -8.86.